The van der Waals surface area contributed by atoms with Gasteiger partial charge in [-0.25, -0.2) is 16.8 Å². The zero-order valence-corrected chi connectivity index (χ0v) is 53.6. The summed E-state index contributed by atoms with van der Waals surface area (Å²) in [5, 5.41) is 46.3. The molecule has 1 aliphatic carbocycles. The summed E-state index contributed by atoms with van der Waals surface area (Å²) in [6.45, 7) is 9.56. The normalized spacial score (nSPS) is 17.2. The Morgan fingerprint density at radius 2 is 1.44 bits per heavy atom. The van der Waals surface area contributed by atoms with Crippen LogP contribution in [-0.4, -0.2) is 73.1 Å². The van der Waals surface area contributed by atoms with E-state index in [2.05, 4.69) is 58.2 Å². The Bertz CT molecular complexity index is 2700. The van der Waals surface area contributed by atoms with Crippen LogP contribution in [0.3, 0.4) is 0 Å². The van der Waals surface area contributed by atoms with Gasteiger partial charge in [0.1, 0.15) is 16.7 Å². The third-order valence-corrected chi connectivity index (χ3v) is 15.8. The zero-order valence-electron chi connectivity index (χ0n) is 40.8. The molecule has 0 fully saturated rings. The number of fused-ring (bicyclic) bond motifs is 4. The molecule has 71 heavy (non-hydrogen) atoms. The molecule has 3 aromatic carbocycles. The summed E-state index contributed by atoms with van der Waals surface area (Å²) < 4.78 is 87.5. The van der Waals surface area contributed by atoms with E-state index < -0.39 is 41.7 Å². The number of nitrogens with one attached hydrogen (secondary N) is 1. The van der Waals surface area contributed by atoms with E-state index in [4.69, 9.17) is 11.6 Å². The average molecular weight is 1130 g/mol. The molecule has 0 atom stereocenters. The first-order chi connectivity index (χ1) is 31.8. The van der Waals surface area contributed by atoms with Crippen molar-refractivity contribution in [2.45, 2.75) is 86.8 Å². The van der Waals surface area contributed by atoms with Gasteiger partial charge in [-0.1, -0.05) is 43.7 Å². The molecule has 0 aromatic heterocycles. The van der Waals surface area contributed by atoms with Crippen molar-refractivity contribution in [3.63, 3.8) is 0 Å². The van der Waals surface area contributed by atoms with Crippen molar-refractivity contribution in [2.24, 2.45) is 0 Å². The van der Waals surface area contributed by atoms with E-state index in [9.17, 15) is 41.7 Å². The number of nitrogens with zero attached hydrogens (tertiary/aromatic N) is 2. The maximum atomic E-state index is 12.4. The Morgan fingerprint density at radius 3 is 2.04 bits per heavy atom. The number of hydrogen-bond acceptors (Lipinski definition) is 20. The molecule has 2 heterocycles. The molecule has 0 saturated carbocycles. The number of allylic oxidation sites excluding steroid dienone is 8. The predicted octanol–water partition coefficient (Wildman–Crippen LogP) is -5.92. The van der Waals surface area contributed by atoms with Crippen LogP contribution < -0.4 is 144 Å². The second kappa shape index (κ2) is 30.9. The molecule has 0 amide bonds. The molecule has 366 valence electrons. The largest absolute Gasteiger partial charge is 1.00 e. The number of anilines is 2. The van der Waals surface area contributed by atoms with E-state index >= 15 is 0 Å². The van der Waals surface area contributed by atoms with Gasteiger partial charge in [-0.3, -0.25) is 15.1 Å². The van der Waals surface area contributed by atoms with E-state index in [0.717, 1.165) is 81.6 Å². The van der Waals surface area contributed by atoms with Gasteiger partial charge in [0.2, 0.25) is 5.69 Å². The van der Waals surface area contributed by atoms with E-state index in [0.29, 0.717) is 78.4 Å². The van der Waals surface area contributed by atoms with Crippen molar-refractivity contribution >= 4 is 102 Å². The molecule has 28 heteroatoms. The van der Waals surface area contributed by atoms with Crippen molar-refractivity contribution in [3.8, 4) is 0 Å². The number of benzene rings is 3. The second-order valence-corrected chi connectivity index (χ2v) is 22.4. The number of rotatable bonds is 24. The van der Waals surface area contributed by atoms with Crippen LogP contribution in [0.1, 0.15) is 77.3 Å². The summed E-state index contributed by atoms with van der Waals surface area (Å²) in [6.07, 6.45) is 11.5. The van der Waals surface area contributed by atoms with Crippen molar-refractivity contribution in [1.82, 2.24) is 0 Å². The Hall–Kier alpha value is 0.950. The van der Waals surface area contributed by atoms with Gasteiger partial charge in [0.15, 0.2) is 5.71 Å². The van der Waals surface area contributed by atoms with Crippen LogP contribution in [0, 0.1) is 0 Å². The van der Waals surface area contributed by atoms with Gasteiger partial charge in [0.05, 0.1) is 32.5 Å². The quantitative estimate of drug-likeness (QED) is 0.0167. The van der Waals surface area contributed by atoms with Gasteiger partial charge in [-0.15, -0.1) is 0 Å². The van der Waals surface area contributed by atoms with Crippen LogP contribution in [0.25, 0.3) is 10.8 Å². The fourth-order valence-electron chi connectivity index (χ4n) is 8.82. The SMILES string of the molecule is CC1(C)C(/C=C/C2=C(Cl)C(=C/C=C3/Nc4ccc5c(S(=O)(=O)[O-])cc(SOO[O-])cc5c4C3(C)C)/CCC2)=[N+](CCCS(=O)(=O)[O-])c2ccc(N(CCCSOO[O-])CCCSOO[O-])cc21.[Na+].[Na+].[Na+].[Na+]. The molecule has 0 bridgehead atoms. The van der Waals surface area contributed by atoms with Crippen LogP contribution >= 0.6 is 47.7 Å². The van der Waals surface area contributed by atoms with Gasteiger partial charge >= 0.3 is 118 Å². The summed E-state index contributed by atoms with van der Waals surface area (Å²) in [4.78, 5) is 1.90. The van der Waals surface area contributed by atoms with Crippen molar-refractivity contribution in [2.75, 3.05) is 47.1 Å². The third kappa shape index (κ3) is 17.7. The summed E-state index contributed by atoms with van der Waals surface area (Å²) in [7, 11) is -9.38. The average Bonchev–Trinajstić information content (AvgIpc) is 3.66. The first-order valence-corrected chi connectivity index (χ1v) is 26.8. The van der Waals surface area contributed by atoms with Crippen LogP contribution in [0.4, 0.5) is 17.1 Å². The Morgan fingerprint density at radius 1 is 0.789 bits per heavy atom. The predicted molar refractivity (Wildman–Crippen MR) is 248 cm³/mol. The number of halogens is 1. The van der Waals surface area contributed by atoms with Crippen LogP contribution in [0.2, 0.25) is 0 Å². The fourth-order valence-corrected chi connectivity index (χ4v) is 11.6. The molecule has 0 unspecified atom stereocenters. The minimum Gasteiger partial charge on any atom is -0.748 e. The second-order valence-electron chi connectivity index (χ2n) is 16.8. The van der Waals surface area contributed by atoms with Gasteiger partial charge < -0.3 is 35.1 Å². The van der Waals surface area contributed by atoms with Gasteiger partial charge in [0, 0.05) is 111 Å². The Kier molecular flexibility index (Phi) is 29.6. The molecule has 3 aromatic rings. The van der Waals surface area contributed by atoms with E-state index in [1.54, 1.807) is 18.2 Å². The summed E-state index contributed by atoms with van der Waals surface area (Å²) in [5.74, 6) is 0.456. The van der Waals surface area contributed by atoms with Crippen LogP contribution in [0.15, 0.2) is 98.4 Å². The fraction of sp³-hybridized carbons (Fsp3) is 0.419. The van der Waals surface area contributed by atoms with E-state index in [1.807, 2.05) is 54.9 Å². The van der Waals surface area contributed by atoms with Gasteiger partial charge in [0.25, 0.3) is 0 Å². The summed E-state index contributed by atoms with van der Waals surface area (Å²) in [6, 6.07) is 12.1. The maximum Gasteiger partial charge on any atom is 1.00 e. The van der Waals surface area contributed by atoms with E-state index in [1.165, 1.54) is 0 Å². The minimum absolute atomic E-state index is 0. The molecular formula is C43H48ClN3Na4O15S5. The van der Waals surface area contributed by atoms with Gasteiger partial charge in [-0.05, 0) is 110 Å². The summed E-state index contributed by atoms with van der Waals surface area (Å²) in [5.41, 5.74) is 6.37. The molecule has 0 radical (unpaired) electrons. The zero-order chi connectivity index (χ0) is 48.6. The van der Waals surface area contributed by atoms with Crippen LogP contribution in [-0.2, 0) is 59.2 Å². The van der Waals surface area contributed by atoms with Crippen molar-refractivity contribution in [1.29, 1.82) is 0 Å². The third-order valence-electron chi connectivity index (χ3n) is 11.9. The number of hydrogen-bond donors (Lipinski definition) is 1. The summed E-state index contributed by atoms with van der Waals surface area (Å²) >= 11 is 9.48. The molecule has 0 saturated heterocycles. The van der Waals surface area contributed by atoms with Crippen LogP contribution in [0.5, 0.6) is 0 Å². The first kappa shape index (κ1) is 68.1. The standard InChI is InChI=1S/C43H52ClN3O15S5.4Na/c1-42(2)34-25-30(46(19-6-22-63-60-57-48)20-7-23-64-61-58-49)13-16-36(34)47(21-8-24-66(51,52)53)39(42)18-12-29-10-5-9-28(41(29)44)11-17-38-43(3,4)40-33-26-31(65-62-59-50)27-37(67(54,55)56)32(33)14-15-35(40)45-38;;;;/h11-18,25-27H,5-10,19-24H2,1-4H3,(H5,48,49,50,51,52,53,54,55,56);;;;/q;4*+1/p-4. The Balaban J connectivity index is 0.00000432. The molecule has 6 rings (SSSR count). The van der Waals surface area contributed by atoms with Crippen molar-refractivity contribution in [3.05, 3.63) is 99.8 Å². The smallest absolute Gasteiger partial charge is 0.748 e. The molecular weight excluding hydrogens is 1090 g/mol. The first-order valence-electron chi connectivity index (χ1n) is 20.9. The maximum absolute atomic E-state index is 12.4. The van der Waals surface area contributed by atoms with Gasteiger partial charge in [-0.2, -0.15) is 17.6 Å². The minimum atomic E-state index is -4.91. The van der Waals surface area contributed by atoms with E-state index in [-0.39, 0.29) is 141 Å². The molecule has 18 nitrogen and oxygen atoms in total. The Labute approximate surface area is 521 Å². The molecule has 1 N–H and O–H groups in total. The molecule has 3 aliphatic rings. The topological polar surface area (TPSA) is 257 Å². The van der Waals surface area contributed by atoms with Crippen molar-refractivity contribution < 1.29 is 193 Å². The molecule has 2 aliphatic heterocycles. The molecule has 0 spiro atoms. The monoisotopic (exact) mass is 1130 g/mol.